The summed E-state index contributed by atoms with van der Waals surface area (Å²) in [6, 6.07) is 0. The average Bonchev–Trinajstić information content (AvgIpc) is 2.77. The van der Waals surface area contributed by atoms with E-state index in [1.165, 1.54) is 0 Å². The molecule has 0 aromatic heterocycles. The summed E-state index contributed by atoms with van der Waals surface area (Å²) in [4.78, 5) is 36.1. The van der Waals surface area contributed by atoms with Gasteiger partial charge in [0.1, 0.15) is 12.4 Å². The van der Waals surface area contributed by atoms with Gasteiger partial charge in [0.15, 0.2) is 5.60 Å². The third-order valence-corrected chi connectivity index (χ3v) is 5.76. The molecule has 6 atom stereocenters. The number of hydrogen-bond donors (Lipinski definition) is 0. The minimum atomic E-state index is -0.923. The van der Waals surface area contributed by atoms with Crippen molar-refractivity contribution in [1.82, 2.24) is 0 Å². The Morgan fingerprint density at radius 1 is 1.45 bits per heavy atom. The fourth-order valence-electron chi connectivity index (χ4n) is 4.84. The van der Waals surface area contributed by atoms with Crippen LogP contribution in [-0.4, -0.2) is 29.9 Å². The van der Waals surface area contributed by atoms with Crippen LogP contribution in [0.1, 0.15) is 33.6 Å². The van der Waals surface area contributed by atoms with Crippen LogP contribution >= 0.6 is 0 Å². The van der Waals surface area contributed by atoms with E-state index in [1.807, 2.05) is 13.8 Å². The van der Waals surface area contributed by atoms with Gasteiger partial charge in [-0.15, -0.1) is 0 Å². The van der Waals surface area contributed by atoms with Gasteiger partial charge in [-0.25, -0.2) is 4.79 Å². The van der Waals surface area contributed by atoms with E-state index < -0.39 is 23.6 Å². The van der Waals surface area contributed by atoms with Crippen molar-refractivity contribution in [3.05, 3.63) is 12.2 Å². The molecule has 0 aromatic rings. The first-order chi connectivity index (χ1) is 10.3. The summed E-state index contributed by atoms with van der Waals surface area (Å²) in [5.41, 5.74) is -0.613. The van der Waals surface area contributed by atoms with E-state index in [4.69, 9.17) is 9.47 Å². The summed E-state index contributed by atoms with van der Waals surface area (Å²) in [7, 11) is 0. The third-order valence-electron chi connectivity index (χ3n) is 5.76. The quantitative estimate of drug-likeness (QED) is 0.451. The van der Waals surface area contributed by atoms with Crippen LogP contribution in [0.2, 0.25) is 0 Å². The Bertz CT molecular complexity index is 551. The van der Waals surface area contributed by atoms with Gasteiger partial charge in [0, 0.05) is 23.3 Å². The average molecular weight is 306 g/mol. The minimum Gasteiger partial charge on any atom is -0.458 e. The maximum atomic E-state index is 12.2. The molecule has 3 aliphatic carbocycles. The number of carbonyl (C=O) groups excluding carboxylic acids is 3. The summed E-state index contributed by atoms with van der Waals surface area (Å²) in [6.45, 7) is 9.14. The molecule has 22 heavy (non-hydrogen) atoms. The topological polar surface area (TPSA) is 69.7 Å². The normalized spacial score (nSPS) is 42.2. The van der Waals surface area contributed by atoms with Crippen molar-refractivity contribution in [2.45, 2.75) is 45.3 Å². The maximum Gasteiger partial charge on any atom is 0.333 e. The Hall–Kier alpha value is -1.65. The largest absolute Gasteiger partial charge is 0.458 e. The molecule has 0 spiro atoms. The van der Waals surface area contributed by atoms with Crippen molar-refractivity contribution in [1.29, 1.82) is 0 Å². The van der Waals surface area contributed by atoms with Crippen molar-refractivity contribution in [2.75, 3.05) is 0 Å². The van der Waals surface area contributed by atoms with Crippen molar-refractivity contribution in [3.8, 4) is 0 Å². The highest BCUT2D eigenvalue weighted by molar-refractivity contribution is 5.88. The van der Waals surface area contributed by atoms with Gasteiger partial charge in [-0.1, -0.05) is 20.4 Å². The molecule has 4 fully saturated rings. The Labute approximate surface area is 130 Å². The Morgan fingerprint density at radius 2 is 2.14 bits per heavy atom. The maximum absolute atomic E-state index is 12.2. The first-order valence-corrected chi connectivity index (χ1v) is 7.89. The van der Waals surface area contributed by atoms with E-state index in [-0.39, 0.29) is 29.6 Å². The summed E-state index contributed by atoms with van der Waals surface area (Å²) in [5, 5.41) is 0. The zero-order valence-electron chi connectivity index (χ0n) is 13.2. The van der Waals surface area contributed by atoms with Crippen molar-refractivity contribution in [3.63, 3.8) is 0 Å². The van der Waals surface area contributed by atoms with E-state index in [9.17, 15) is 14.4 Å². The van der Waals surface area contributed by atoms with Gasteiger partial charge in [0.2, 0.25) is 0 Å². The van der Waals surface area contributed by atoms with Gasteiger partial charge in [0.05, 0.1) is 5.92 Å². The number of esters is 2. The number of hydrogen-bond acceptors (Lipinski definition) is 5. The molecule has 6 unspecified atom stereocenters. The standard InChI is InChI=1S/C17H22O5/c1-8(2)15(19)22-17(9(3)4)12-6-5-10-13(11(12)7-18)16(20)21-14(10)17/h7,9-14H,1,5-6H2,2-4H3. The number of ether oxygens (including phenoxy) is 2. The summed E-state index contributed by atoms with van der Waals surface area (Å²) in [6.07, 6.45) is 2.04. The Morgan fingerprint density at radius 3 is 2.68 bits per heavy atom. The molecule has 5 nitrogen and oxygen atoms in total. The molecule has 4 aliphatic rings. The fourth-order valence-corrected chi connectivity index (χ4v) is 4.84. The summed E-state index contributed by atoms with van der Waals surface area (Å²) >= 11 is 0. The first-order valence-electron chi connectivity index (χ1n) is 7.89. The first kappa shape index (κ1) is 15.3. The van der Waals surface area contributed by atoms with Gasteiger partial charge in [-0.2, -0.15) is 0 Å². The number of aldehydes is 1. The predicted molar refractivity (Wildman–Crippen MR) is 77.6 cm³/mol. The Kier molecular flexibility index (Phi) is 3.42. The molecule has 4 rings (SSSR count). The van der Waals surface area contributed by atoms with Gasteiger partial charge < -0.3 is 14.3 Å². The highest BCUT2D eigenvalue weighted by atomic mass is 16.6. The van der Waals surface area contributed by atoms with Crippen molar-refractivity contribution < 1.29 is 23.9 Å². The van der Waals surface area contributed by atoms with E-state index in [0.29, 0.717) is 5.57 Å². The molecule has 0 radical (unpaired) electrons. The lowest BCUT2D eigenvalue weighted by Gasteiger charge is -2.56. The third kappa shape index (κ3) is 1.74. The minimum absolute atomic E-state index is 0.0342. The van der Waals surface area contributed by atoms with Crippen LogP contribution in [-0.2, 0) is 23.9 Å². The fraction of sp³-hybridized carbons (Fsp3) is 0.706. The van der Waals surface area contributed by atoms with Gasteiger partial charge in [0.25, 0.3) is 0 Å². The molecule has 120 valence electrons. The van der Waals surface area contributed by atoms with Crippen LogP contribution in [0.15, 0.2) is 12.2 Å². The van der Waals surface area contributed by atoms with Crippen molar-refractivity contribution >= 4 is 18.2 Å². The van der Waals surface area contributed by atoms with Crippen molar-refractivity contribution in [2.24, 2.45) is 29.6 Å². The van der Waals surface area contributed by atoms with E-state index in [0.717, 1.165) is 19.1 Å². The molecular formula is C17H22O5. The lowest BCUT2D eigenvalue weighted by Crippen LogP contribution is -2.66. The van der Waals surface area contributed by atoms with Crippen LogP contribution in [0.25, 0.3) is 0 Å². The Balaban J connectivity index is 2.09. The highest BCUT2D eigenvalue weighted by Crippen LogP contribution is 2.61. The number of fused-ring (bicyclic) bond motifs is 1. The summed E-state index contributed by atoms with van der Waals surface area (Å²) in [5.74, 6) is -1.84. The molecule has 0 N–H and O–H groups in total. The van der Waals surface area contributed by atoms with E-state index >= 15 is 0 Å². The molecule has 1 heterocycles. The highest BCUT2D eigenvalue weighted by Gasteiger charge is 2.72. The molecule has 3 saturated carbocycles. The molecule has 0 amide bonds. The predicted octanol–water partition coefficient (Wildman–Crippen LogP) is 1.90. The second-order valence-corrected chi connectivity index (χ2v) is 7.12. The molecule has 1 aliphatic heterocycles. The molecule has 5 heteroatoms. The van der Waals surface area contributed by atoms with Crippen LogP contribution in [0, 0.1) is 29.6 Å². The monoisotopic (exact) mass is 306 g/mol. The van der Waals surface area contributed by atoms with Crippen LogP contribution in [0.3, 0.4) is 0 Å². The van der Waals surface area contributed by atoms with Gasteiger partial charge in [-0.05, 0) is 25.7 Å². The summed E-state index contributed by atoms with van der Waals surface area (Å²) < 4.78 is 11.5. The second-order valence-electron chi connectivity index (χ2n) is 7.12. The van der Waals surface area contributed by atoms with Gasteiger partial charge >= 0.3 is 11.9 Å². The molecule has 1 saturated heterocycles. The number of rotatable bonds is 4. The lowest BCUT2D eigenvalue weighted by atomic mass is 9.50. The number of carbonyl (C=O) groups is 3. The van der Waals surface area contributed by atoms with E-state index in [2.05, 4.69) is 6.58 Å². The van der Waals surface area contributed by atoms with Crippen LogP contribution in [0.4, 0.5) is 0 Å². The molecule has 4 bridgehead atoms. The zero-order valence-corrected chi connectivity index (χ0v) is 13.2. The van der Waals surface area contributed by atoms with E-state index in [1.54, 1.807) is 6.92 Å². The van der Waals surface area contributed by atoms with Gasteiger partial charge in [-0.3, -0.25) is 4.79 Å². The second kappa shape index (κ2) is 4.93. The van der Waals surface area contributed by atoms with Crippen LogP contribution in [0.5, 0.6) is 0 Å². The van der Waals surface area contributed by atoms with Crippen LogP contribution < -0.4 is 0 Å². The lowest BCUT2D eigenvalue weighted by molar-refractivity contribution is -0.228. The smallest absolute Gasteiger partial charge is 0.333 e. The molecule has 0 aromatic carbocycles. The SMILES string of the molecule is C=C(C)C(=O)OC1(C(C)C)C2CCC3C(C(=O)OC31)C2C=O. The molecular weight excluding hydrogens is 284 g/mol. The zero-order chi connectivity index (χ0) is 16.2.